The molecule has 0 aliphatic carbocycles. The summed E-state index contributed by atoms with van der Waals surface area (Å²) in [6, 6.07) is 6.67. The molecule has 0 N–H and O–H groups in total. The Bertz CT molecular complexity index is 605. The Hall–Kier alpha value is -1.75. The number of benzene rings is 1. The molecule has 3 rings (SSSR count). The summed E-state index contributed by atoms with van der Waals surface area (Å²) in [6.45, 7) is 5.38. The fourth-order valence-corrected chi connectivity index (χ4v) is 4.45. The predicted octanol–water partition coefficient (Wildman–Crippen LogP) is 2.72. The summed E-state index contributed by atoms with van der Waals surface area (Å²) in [7, 11) is 3.25. The SMILES string of the molecule is CCN1CCC[C@@H]1[C@H]1CCCN1C(=O)Cc1ccc(OC)c(OC)c1. The van der Waals surface area contributed by atoms with Crippen LogP contribution in [0.2, 0.25) is 0 Å². The van der Waals surface area contributed by atoms with E-state index in [0.29, 0.717) is 30.0 Å². The van der Waals surface area contributed by atoms with E-state index in [2.05, 4.69) is 16.7 Å². The Kier molecular flexibility index (Phi) is 5.84. The summed E-state index contributed by atoms with van der Waals surface area (Å²) in [4.78, 5) is 17.6. The van der Waals surface area contributed by atoms with Crippen LogP contribution >= 0.6 is 0 Å². The van der Waals surface area contributed by atoms with Crippen molar-refractivity contribution in [3.63, 3.8) is 0 Å². The lowest BCUT2D eigenvalue weighted by atomic mass is 10.0. The van der Waals surface area contributed by atoms with Crippen LogP contribution in [0.3, 0.4) is 0 Å². The minimum atomic E-state index is 0.234. The molecule has 25 heavy (non-hydrogen) atoms. The van der Waals surface area contributed by atoms with Gasteiger partial charge in [-0.25, -0.2) is 0 Å². The van der Waals surface area contributed by atoms with Gasteiger partial charge in [0, 0.05) is 18.6 Å². The van der Waals surface area contributed by atoms with Gasteiger partial charge < -0.3 is 14.4 Å². The quantitative estimate of drug-likeness (QED) is 0.794. The van der Waals surface area contributed by atoms with E-state index in [1.54, 1.807) is 14.2 Å². The molecule has 5 heteroatoms. The molecule has 2 saturated heterocycles. The first kappa shape index (κ1) is 18.1. The van der Waals surface area contributed by atoms with E-state index < -0.39 is 0 Å². The number of nitrogens with zero attached hydrogens (tertiary/aromatic N) is 2. The van der Waals surface area contributed by atoms with Crippen LogP contribution in [-0.2, 0) is 11.2 Å². The van der Waals surface area contributed by atoms with Gasteiger partial charge in [0.2, 0.25) is 5.91 Å². The fourth-order valence-electron chi connectivity index (χ4n) is 4.45. The molecule has 0 saturated carbocycles. The van der Waals surface area contributed by atoms with Gasteiger partial charge in [-0.3, -0.25) is 9.69 Å². The number of likely N-dealkylation sites (tertiary alicyclic amines) is 2. The van der Waals surface area contributed by atoms with Gasteiger partial charge in [-0.1, -0.05) is 13.0 Å². The number of carbonyl (C=O) groups is 1. The molecule has 0 radical (unpaired) electrons. The molecule has 2 aliphatic rings. The van der Waals surface area contributed by atoms with E-state index in [-0.39, 0.29) is 5.91 Å². The van der Waals surface area contributed by atoms with Crippen LogP contribution in [0.4, 0.5) is 0 Å². The van der Waals surface area contributed by atoms with E-state index in [9.17, 15) is 4.79 Å². The molecule has 1 amide bonds. The van der Waals surface area contributed by atoms with Crippen LogP contribution in [0.15, 0.2) is 18.2 Å². The summed E-state index contributed by atoms with van der Waals surface area (Å²) in [6.07, 6.45) is 5.16. The Morgan fingerprint density at radius 3 is 2.52 bits per heavy atom. The molecule has 2 fully saturated rings. The Balaban J connectivity index is 1.70. The highest BCUT2D eigenvalue weighted by atomic mass is 16.5. The van der Waals surface area contributed by atoms with E-state index in [1.165, 1.54) is 19.4 Å². The van der Waals surface area contributed by atoms with Crippen LogP contribution in [0.25, 0.3) is 0 Å². The average Bonchev–Trinajstić information content (AvgIpc) is 3.29. The minimum absolute atomic E-state index is 0.234. The van der Waals surface area contributed by atoms with Crippen molar-refractivity contribution >= 4 is 5.91 Å². The van der Waals surface area contributed by atoms with Crippen molar-refractivity contribution in [3.05, 3.63) is 23.8 Å². The lowest BCUT2D eigenvalue weighted by Crippen LogP contribution is -2.48. The first-order chi connectivity index (χ1) is 12.2. The smallest absolute Gasteiger partial charge is 0.227 e. The maximum atomic E-state index is 13.0. The van der Waals surface area contributed by atoms with Crippen LogP contribution in [-0.4, -0.2) is 61.6 Å². The summed E-state index contributed by atoms with van der Waals surface area (Å²) in [5, 5.41) is 0. The summed E-state index contributed by atoms with van der Waals surface area (Å²) in [5.41, 5.74) is 0.979. The van der Waals surface area contributed by atoms with Crippen molar-refractivity contribution < 1.29 is 14.3 Å². The molecule has 0 bridgehead atoms. The number of carbonyl (C=O) groups excluding carboxylic acids is 1. The second-order valence-corrected chi connectivity index (χ2v) is 7.00. The van der Waals surface area contributed by atoms with Crippen LogP contribution in [0, 0.1) is 0 Å². The maximum Gasteiger partial charge on any atom is 0.227 e. The van der Waals surface area contributed by atoms with Crippen LogP contribution in [0.5, 0.6) is 11.5 Å². The zero-order valence-corrected chi connectivity index (χ0v) is 15.7. The van der Waals surface area contributed by atoms with Gasteiger partial charge in [0.15, 0.2) is 11.5 Å². The molecule has 5 nitrogen and oxygen atoms in total. The van der Waals surface area contributed by atoms with Crippen LogP contribution in [0.1, 0.15) is 38.2 Å². The first-order valence-corrected chi connectivity index (χ1v) is 9.42. The summed E-state index contributed by atoms with van der Waals surface area (Å²) >= 11 is 0. The third kappa shape index (κ3) is 3.76. The minimum Gasteiger partial charge on any atom is -0.493 e. The van der Waals surface area contributed by atoms with E-state index in [4.69, 9.17) is 9.47 Å². The van der Waals surface area contributed by atoms with Gasteiger partial charge in [0.1, 0.15) is 0 Å². The molecule has 2 heterocycles. The number of hydrogen-bond donors (Lipinski definition) is 0. The van der Waals surface area contributed by atoms with Gasteiger partial charge in [-0.2, -0.15) is 0 Å². The molecule has 0 aromatic heterocycles. The highest BCUT2D eigenvalue weighted by Gasteiger charge is 2.38. The molecule has 1 aromatic carbocycles. The topological polar surface area (TPSA) is 42.0 Å². The Morgan fingerprint density at radius 1 is 1.08 bits per heavy atom. The molecule has 0 unspecified atom stereocenters. The molecule has 1 aromatic rings. The zero-order chi connectivity index (χ0) is 17.8. The molecule has 2 aliphatic heterocycles. The van der Waals surface area contributed by atoms with Crippen molar-refractivity contribution in [1.82, 2.24) is 9.80 Å². The molecule has 2 atom stereocenters. The first-order valence-electron chi connectivity index (χ1n) is 9.42. The summed E-state index contributed by atoms with van der Waals surface area (Å²) in [5.74, 6) is 1.61. The number of ether oxygens (including phenoxy) is 2. The lowest BCUT2D eigenvalue weighted by Gasteiger charge is -2.34. The third-order valence-electron chi connectivity index (χ3n) is 5.69. The highest BCUT2D eigenvalue weighted by molar-refractivity contribution is 5.79. The van der Waals surface area contributed by atoms with Crippen molar-refractivity contribution in [2.24, 2.45) is 0 Å². The monoisotopic (exact) mass is 346 g/mol. The number of amides is 1. The van der Waals surface area contributed by atoms with Gasteiger partial charge >= 0.3 is 0 Å². The second kappa shape index (κ2) is 8.09. The van der Waals surface area contributed by atoms with Crippen LogP contribution < -0.4 is 9.47 Å². The van der Waals surface area contributed by atoms with Crippen molar-refractivity contribution in [1.29, 1.82) is 0 Å². The fraction of sp³-hybridized carbons (Fsp3) is 0.650. The standard InChI is InChI=1S/C20H30N2O3/c1-4-21-11-5-7-16(21)17-8-6-12-22(17)20(23)14-15-9-10-18(24-2)19(13-15)25-3/h9-10,13,16-17H,4-8,11-12,14H2,1-3H3/t16-,17-/m1/s1. The van der Waals surface area contributed by atoms with Gasteiger partial charge in [0.05, 0.1) is 20.6 Å². The maximum absolute atomic E-state index is 13.0. The Labute approximate surface area is 150 Å². The van der Waals surface area contributed by atoms with E-state index in [1.807, 2.05) is 18.2 Å². The largest absolute Gasteiger partial charge is 0.493 e. The third-order valence-corrected chi connectivity index (χ3v) is 5.69. The molecular weight excluding hydrogens is 316 g/mol. The van der Waals surface area contributed by atoms with Crippen molar-refractivity contribution in [3.8, 4) is 11.5 Å². The predicted molar refractivity (Wildman–Crippen MR) is 98.3 cm³/mol. The number of methoxy groups -OCH3 is 2. The van der Waals surface area contributed by atoms with E-state index >= 15 is 0 Å². The van der Waals surface area contributed by atoms with Gasteiger partial charge in [0.25, 0.3) is 0 Å². The molecule has 138 valence electrons. The Morgan fingerprint density at radius 2 is 1.80 bits per heavy atom. The number of likely N-dealkylation sites (N-methyl/N-ethyl adjacent to an activating group) is 1. The van der Waals surface area contributed by atoms with Crippen molar-refractivity contribution in [2.75, 3.05) is 33.9 Å². The lowest BCUT2D eigenvalue weighted by molar-refractivity contribution is -0.132. The molecule has 0 spiro atoms. The number of hydrogen-bond acceptors (Lipinski definition) is 4. The molecular formula is C20H30N2O3. The zero-order valence-electron chi connectivity index (χ0n) is 15.7. The number of rotatable bonds is 6. The van der Waals surface area contributed by atoms with Gasteiger partial charge in [-0.15, -0.1) is 0 Å². The van der Waals surface area contributed by atoms with Crippen molar-refractivity contribution in [2.45, 2.75) is 51.1 Å². The van der Waals surface area contributed by atoms with Gasteiger partial charge in [-0.05, 0) is 56.5 Å². The van der Waals surface area contributed by atoms with E-state index in [0.717, 1.165) is 31.5 Å². The summed E-state index contributed by atoms with van der Waals surface area (Å²) < 4.78 is 10.6. The normalized spacial score (nSPS) is 23.9. The highest BCUT2D eigenvalue weighted by Crippen LogP contribution is 2.31. The average molecular weight is 346 g/mol. The second-order valence-electron chi connectivity index (χ2n) is 7.00.